The molecule has 2 heterocycles. The zero-order valence-electron chi connectivity index (χ0n) is 9.74. The summed E-state index contributed by atoms with van der Waals surface area (Å²) in [7, 11) is 0. The SMILES string of the molecule is N#Cc1ccnc(N2CCCC3(C2)CC3(F)F)n1. The quantitative estimate of drug-likeness (QED) is 0.764. The van der Waals surface area contributed by atoms with Crippen molar-refractivity contribution in [2.24, 2.45) is 5.41 Å². The summed E-state index contributed by atoms with van der Waals surface area (Å²) in [5.41, 5.74) is -0.612. The molecular weight excluding hydrogens is 238 g/mol. The standard InChI is InChI=1S/C12H12F2N4/c13-12(14)7-11(12)3-1-5-18(8-11)10-16-4-2-9(6-15)17-10/h2,4H,1,3,5,7-8H2. The first kappa shape index (κ1) is 11.3. The number of nitrogens with zero attached hydrogens (tertiary/aromatic N) is 4. The highest BCUT2D eigenvalue weighted by molar-refractivity contribution is 5.36. The van der Waals surface area contributed by atoms with Gasteiger partial charge in [-0.1, -0.05) is 0 Å². The van der Waals surface area contributed by atoms with E-state index in [1.165, 1.54) is 12.3 Å². The fourth-order valence-electron chi connectivity index (χ4n) is 2.69. The van der Waals surface area contributed by atoms with Crippen LogP contribution >= 0.6 is 0 Å². The largest absolute Gasteiger partial charge is 0.340 e. The minimum absolute atomic E-state index is 0.0333. The van der Waals surface area contributed by atoms with Gasteiger partial charge in [0.15, 0.2) is 0 Å². The van der Waals surface area contributed by atoms with Crippen molar-refractivity contribution in [1.82, 2.24) is 9.97 Å². The van der Waals surface area contributed by atoms with E-state index in [-0.39, 0.29) is 18.7 Å². The van der Waals surface area contributed by atoms with E-state index in [9.17, 15) is 8.78 Å². The maximum absolute atomic E-state index is 13.4. The average molecular weight is 250 g/mol. The number of anilines is 1. The van der Waals surface area contributed by atoms with Gasteiger partial charge in [0.1, 0.15) is 11.8 Å². The lowest BCUT2D eigenvalue weighted by molar-refractivity contribution is 0.0574. The van der Waals surface area contributed by atoms with Gasteiger partial charge in [-0.05, 0) is 18.9 Å². The zero-order chi connectivity index (χ0) is 12.8. The van der Waals surface area contributed by atoms with Crippen LogP contribution in [0.3, 0.4) is 0 Å². The maximum Gasteiger partial charge on any atom is 0.256 e. The van der Waals surface area contributed by atoms with Gasteiger partial charge >= 0.3 is 0 Å². The van der Waals surface area contributed by atoms with Gasteiger partial charge in [-0.25, -0.2) is 18.7 Å². The summed E-state index contributed by atoms with van der Waals surface area (Å²) in [4.78, 5) is 9.90. The molecule has 1 saturated heterocycles. The highest BCUT2D eigenvalue weighted by Gasteiger charge is 2.71. The monoisotopic (exact) mass is 250 g/mol. The van der Waals surface area contributed by atoms with Crippen molar-refractivity contribution in [3.05, 3.63) is 18.0 Å². The van der Waals surface area contributed by atoms with E-state index >= 15 is 0 Å². The van der Waals surface area contributed by atoms with Crippen LogP contribution in [-0.2, 0) is 0 Å². The van der Waals surface area contributed by atoms with Crippen molar-refractivity contribution < 1.29 is 8.78 Å². The van der Waals surface area contributed by atoms with Gasteiger partial charge in [0.25, 0.3) is 5.92 Å². The molecule has 1 spiro atoms. The highest BCUT2D eigenvalue weighted by atomic mass is 19.3. The third-order valence-electron chi connectivity index (χ3n) is 3.83. The molecular formula is C12H12F2N4. The minimum Gasteiger partial charge on any atom is -0.340 e. The Balaban J connectivity index is 1.83. The first-order valence-electron chi connectivity index (χ1n) is 5.92. The Bertz CT molecular complexity index is 525. The van der Waals surface area contributed by atoms with E-state index in [2.05, 4.69) is 9.97 Å². The lowest BCUT2D eigenvalue weighted by Gasteiger charge is -2.33. The van der Waals surface area contributed by atoms with Crippen LogP contribution in [0.2, 0.25) is 0 Å². The number of hydrogen-bond acceptors (Lipinski definition) is 4. The summed E-state index contributed by atoms with van der Waals surface area (Å²) in [6.07, 6.45) is 2.74. The number of rotatable bonds is 1. The Hall–Kier alpha value is -1.77. The Morgan fingerprint density at radius 2 is 2.22 bits per heavy atom. The second-order valence-electron chi connectivity index (χ2n) is 5.04. The molecule has 0 bridgehead atoms. The van der Waals surface area contributed by atoms with E-state index in [1.54, 1.807) is 4.90 Å². The van der Waals surface area contributed by atoms with Gasteiger partial charge in [0.2, 0.25) is 5.95 Å². The van der Waals surface area contributed by atoms with Gasteiger partial charge < -0.3 is 4.90 Å². The highest BCUT2D eigenvalue weighted by Crippen LogP contribution is 2.64. The molecule has 1 saturated carbocycles. The number of piperidine rings is 1. The van der Waals surface area contributed by atoms with Crippen LogP contribution in [0.15, 0.2) is 12.3 Å². The molecule has 0 N–H and O–H groups in total. The Kier molecular flexibility index (Phi) is 2.27. The molecule has 0 aromatic carbocycles. The molecule has 18 heavy (non-hydrogen) atoms. The van der Waals surface area contributed by atoms with E-state index < -0.39 is 11.3 Å². The number of halogens is 2. The topological polar surface area (TPSA) is 52.8 Å². The number of alkyl halides is 2. The number of nitriles is 1. The third-order valence-corrected chi connectivity index (χ3v) is 3.83. The van der Waals surface area contributed by atoms with Crippen molar-refractivity contribution in [2.45, 2.75) is 25.2 Å². The van der Waals surface area contributed by atoms with E-state index in [4.69, 9.17) is 5.26 Å². The van der Waals surface area contributed by atoms with Gasteiger partial charge in [-0.2, -0.15) is 5.26 Å². The number of aromatic nitrogens is 2. The van der Waals surface area contributed by atoms with Gasteiger partial charge in [0, 0.05) is 25.7 Å². The summed E-state index contributed by atoms with van der Waals surface area (Å²) in [5, 5.41) is 8.78. The number of hydrogen-bond donors (Lipinski definition) is 0. The fraction of sp³-hybridized carbons (Fsp3) is 0.583. The molecule has 1 aromatic heterocycles. The van der Waals surface area contributed by atoms with Crippen LogP contribution < -0.4 is 4.90 Å². The second kappa shape index (κ2) is 3.61. The Morgan fingerprint density at radius 1 is 1.44 bits per heavy atom. The van der Waals surface area contributed by atoms with E-state index in [0.717, 1.165) is 6.42 Å². The Labute approximate surface area is 103 Å². The summed E-state index contributed by atoms with van der Waals surface area (Å²) >= 11 is 0. The van der Waals surface area contributed by atoms with Crippen LogP contribution in [0.5, 0.6) is 0 Å². The maximum atomic E-state index is 13.4. The molecule has 0 radical (unpaired) electrons. The molecule has 94 valence electrons. The normalized spacial score (nSPS) is 29.1. The molecule has 1 aromatic rings. The predicted molar refractivity (Wildman–Crippen MR) is 60.2 cm³/mol. The van der Waals surface area contributed by atoms with Crippen LogP contribution in [-0.4, -0.2) is 29.0 Å². The molecule has 1 aliphatic heterocycles. The molecule has 0 amide bonds. The molecule has 2 fully saturated rings. The van der Waals surface area contributed by atoms with Crippen LogP contribution in [0.1, 0.15) is 25.0 Å². The smallest absolute Gasteiger partial charge is 0.256 e. The molecule has 6 heteroatoms. The Morgan fingerprint density at radius 3 is 2.89 bits per heavy atom. The first-order valence-corrected chi connectivity index (χ1v) is 5.92. The summed E-state index contributed by atoms with van der Waals surface area (Å²) in [6, 6.07) is 3.44. The van der Waals surface area contributed by atoms with Gasteiger partial charge in [0.05, 0.1) is 5.41 Å². The van der Waals surface area contributed by atoms with Crippen LogP contribution in [0, 0.1) is 16.7 Å². The molecule has 1 atom stereocenters. The lowest BCUT2D eigenvalue weighted by Crippen LogP contribution is -2.40. The van der Waals surface area contributed by atoms with Crippen molar-refractivity contribution >= 4 is 5.95 Å². The molecule has 4 nitrogen and oxygen atoms in total. The zero-order valence-corrected chi connectivity index (χ0v) is 9.74. The molecule has 2 aliphatic rings. The van der Waals surface area contributed by atoms with Crippen LogP contribution in [0.25, 0.3) is 0 Å². The second-order valence-corrected chi connectivity index (χ2v) is 5.04. The third kappa shape index (κ3) is 1.62. The van der Waals surface area contributed by atoms with Crippen LogP contribution in [0.4, 0.5) is 14.7 Å². The van der Waals surface area contributed by atoms with Crippen molar-refractivity contribution in [1.29, 1.82) is 5.26 Å². The molecule has 1 aliphatic carbocycles. The fourth-order valence-corrected chi connectivity index (χ4v) is 2.69. The van der Waals surface area contributed by atoms with Crippen molar-refractivity contribution in [2.75, 3.05) is 18.0 Å². The van der Waals surface area contributed by atoms with Gasteiger partial charge in [-0.15, -0.1) is 0 Å². The summed E-state index contributed by atoms with van der Waals surface area (Å²) in [6.45, 7) is 0.960. The van der Waals surface area contributed by atoms with E-state index in [1.807, 2.05) is 6.07 Å². The van der Waals surface area contributed by atoms with Crippen molar-refractivity contribution in [3.8, 4) is 6.07 Å². The summed E-state index contributed by atoms with van der Waals surface area (Å²) < 4.78 is 26.8. The van der Waals surface area contributed by atoms with Gasteiger partial charge in [-0.3, -0.25) is 0 Å². The summed E-state index contributed by atoms with van der Waals surface area (Å²) in [5.74, 6) is -2.16. The van der Waals surface area contributed by atoms with Crippen molar-refractivity contribution in [3.63, 3.8) is 0 Å². The molecule has 3 rings (SSSR count). The lowest BCUT2D eigenvalue weighted by atomic mass is 9.94. The predicted octanol–water partition coefficient (Wildman–Crippen LogP) is 1.97. The minimum atomic E-state index is -2.54. The first-order chi connectivity index (χ1) is 8.56. The molecule has 1 unspecified atom stereocenters. The average Bonchev–Trinajstić information content (AvgIpc) is 2.89. The van der Waals surface area contributed by atoms with E-state index in [0.29, 0.717) is 18.9 Å².